The van der Waals surface area contributed by atoms with E-state index in [-0.39, 0.29) is 16.6 Å². The van der Waals surface area contributed by atoms with E-state index in [0.717, 1.165) is 42.4 Å². The van der Waals surface area contributed by atoms with Gasteiger partial charge in [0.1, 0.15) is 5.69 Å². The molecular formula is C23H28N3O4+. The highest BCUT2D eigenvalue weighted by Crippen LogP contribution is 2.22. The first-order chi connectivity index (χ1) is 14.3. The minimum atomic E-state index is -0.379. The summed E-state index contributed by atoms with van der Waals surface area (Å²) < 4.78 is 8.18. The van der Waals surface area contributed by atoms with Crippen LogP contribution in [0.3, 0.4) is 0 Å². The van der Waals surface area contributed by atoms with Crippen molar-refractivity contribution in [3.8, 4) is 0 Å². The molecule has 2 aromatic carbocycles. The van der Waals surface area contributed by atoms with Gasteiger partial charge in [0.15, 0.2) is 0 Å². The van der Waals surface area contributed by atoms with Crippen molar-refractivity contribution in [2.24, 2.45) is 0 Å². The quantitative estimate of drug-likeness (QED) is 0.167. The van der Waals surface area contributed by atoms with Crippen molar-refractivity contribution >= 4 is 28.2 Å². The van der Waals surface area contributed by atoms with Crippen LogP contribution in [0.4, 0.5) is 11.4 Å². The fraction of sp³-hybridized carbons (Fsp3) is 0.348. The maximum Gasteiger partial charge on any atom is 0.338 e. The number of hydrogen-bond donors (Lipinski definition) is 0. The van der Waals surface area contributed by atoms with Gasteiger partial charge in [-0.2, -0.15) is 0 Å². The van der Waals surface area contributed by atoms with Crippen molar-refractivity contribution in [1.29, 1.82) is 0 Å². The molecule has 1 heterocycles. The minimum Gasteiger partial charge on any atom is -0.462 e. The summed E-state index contributed by atoms with van der Waals surface area (Å²) in [6, 6.07) is 14.3. The highest BCUT2D eigenvalue weighted by atomic mass is 16.6. The average molecular weight is 410 g/mol. The number of carbonyl (C=O) groups excluding carboxylic acids is 1. The zero-order chi connectivity index (χ0) is 21.7. The molecule has 7 heteroatoms. The molecule has 0 radical (unpaired) electrons. The molecule has 0 saturated carbocycles. The molecule has 0 N–H and O–H groups in total. The fourth-order valence-electron chi connectivity index (χ4n) is 3.35. The van der Waals surface area contributed by atoms with Gasteiger partial charge in [-0.3, -0.25) is 14.6 Å². The topological polar surface area (TPSA) is 74.4 Å². The molecule has 30 heavy (non-hydrogen) atoms. The summed E-state index contributed by atoms with van der Waals surface area (Å²) in [4.78, 5) is 22.7. The predicted octanol–water partition coefficient (Wildman–Crippen LogP) is 4.77. The Morgan fingerprint density at radius 3 is 2.43 bits per heavy atom. The zero-order valence-corrected chi connectivity index (χ0v) is 17.7. The molecule has 0 amide bonds. The van der Waals surface area contributed by atoms with Crippen LogP contribution in [0.15, 0.2) is 54.7 Å². The minimum absolute atomic E-state index is 0.106. The number of rotatable bonds is 9. The molecule has 0 spiro atoms. The normalized spacial score (nSPS) is 11.6. The number of hydrogen-bond acceptors (Lipinski definition) is 4. The number of carbonyl (C=O) groups is 1. The molecule has 0 saturated heterocycles. The molecule has 0 aliphatic carbocycles. The maximum atomic E-state index is 12.2. The molecule has 7 nitrogen and oxygen atoms in total. The summed E-state index contributed by atoms with van der Waals surface area (Å²) >= 11 is 0. The second-order valence-corrected chi connectivity index (χ2v) is 8.27. The largest absolute Gasteiger partial charge is 0.462 e. The number of quaternary nitrogens is 1. The molecule has 1 aromatic heterocycles. The van der Waals surface area contributed by atoms with Crippen LogP contribution in [0, 0.1) is 10.1 Å². The number of unbranched alkanes of at least 4 members (excludes halogenated alkanes) is 2. The van der Waals surface area contributed by atoms with E-state index in [1.54, 1.807) is 12.1 Å². The van der Waals surface area contributed by atoms with Gasteiger partial charge in [-0.25, -0.2) is 4.79 Å². The van der Waals surface area contributed by atoms with Crippen LogP contribution >= 0.6 is 0 Å². The summed E-state index contributed by atoms with van der Waals surface area (Å²) in [6.45, 7) is 1.22. The molecule has 0 fully saturated rings. The van der Waals surface area contributed by atoms with Crippen LogP contribution in [0.2, 0.25) is 0 Å². The average Bonchev–Trinajstić information content (AvgIpc) is 3.12. The molecule has 158 valence electrons. The predicted molar refractivity (Wildman–Crippen MR) is 119 cm³/mol. The van der Waals surface area contributed by atoms with E-state index in [4.69, 9.17) is 4.74 Å². The second-order valence-electron chi connectivity index (χ2n) is 8.27. The summed E-state index contributed by atoms with van der Waals surface area (Å²) in [7, 11) is 6.23. The Morgan fingerprint density at radius 2 is 1.77 bits per heavy atom. The number of nitro benzene ring substituents is 1. The highest BCUT2D eigenvalue weighted by molar-refractivity contribution is 5.89. The van der Waals surface area contributed by atoms with E-state index in [9.17, 15) is 14.9 Å². The lowest BCUT2D eigenvalue weighted by molar-refractivity contribution is -0.384. The molecule has 3 rings (SSSR count). The molecule has 0 aliphatic heterocycles. The van der Waals surface area contributed by atoms with Crippen LogP contribution < -0.4 is 4.48 Å². The van der Waals surface area contributed by atoms with Gasteiger partial charge in [-0.05, 0) is 55.7 Å². The summed E-state index contributed by atoms with van der Waals surface area (Å²) in [5.41, 5.74) is 2.79. The van der Waals surface area contributed by atoms with Crippen molar-refractivity contribution in [2.75, 3.05) is 27.7 Å². The molecule has 3 aromatic rings. The number of non-ortho nitro benzene ring substituents is 1. The van der Waals surface area contributed by atoms with Gasteiger partial charge < -0.3 is 9.30 Å². The number of aryl methyl sites for hydroxylation is 1. The Labute approximate surface area is 176 Å². The Hall–Kier alpha value is -3.19. The van der Waals surface area contributed by atoms with Gasteiger partial charge in [-0.15, -0.1) is 0 Å². The third-order valence-electron chi connectivity index (χ3n) is 5.12. The fourth-order valence-corrected chi connectivity index (χ4v) is 3.35. The van der Waals surface area contributed by atoms with Crippen LogP contribution in [0.1, 0.15) is 29.6 Å². The van der Waals surface area contributed by atoms with E-state index in [1.165, 1.54) is 6.07 Å². The number of ether oxygens (including phenoxy) is 1. The number of fused-ring (bicyclic) bond motifs is 1. The second kappa shape index (κ2) is 9.09. The van der Waals surface area contributed by atoms with Crippen LogP contribution in [-0.2, 0) is 11.3 Å². The van der Waals surface area contributed by atoms with Gasteiger partial charge in [-0.1, -0.05) is 0 Å². The first kappa shape index (κ1) is 21.5. The lowest BCUT2D eigenvalue weighted by atomic mass is 10.2. The first-order valence-electron chi connectivity index (χ1n) is 10.1. The van der Waals surface area contributed by atoms with Crippen LogP contribution in [-0.4, -0.2) is 43.2 Å². The third kappa shape index (κ3) is 5.24. The molecular weight excluding hydrogens is 382 g/mol. The lowest BCUT2D eigenvalue weighted by Crippen LogP contribution is -2.34. The Morgan fingerprint density at radius 1 is 1.03 bits per heavy atom. The summed E-state index contributed by atoms with van der Waals surface area (Å²) in [6.07, 6.45) is 4.62. The summed E-state index contributed by atoms with van der Waals surface area (Å²) in [5.74, 6) is -0.291. The smallest absolute Gasteiger partial charge is 0.338 e. The Bertz CT molecular complexity index is 1030. The van der Waals surface area contributed by atoms with Crippen molar-refractivity contribution in [3.05, 3.63) is 70.4 Å². The monoisotopic (exact) mass is 410 g/mol. The SMILES string of the molecule is C[N+](C)(C)c1ccc(C(=O)OCCCCCn2ccc3cc([N+](=O)[O-])ccc32)cc1. The van der Waals surface area contributed by atoms with E-state index < -0.39 is 0 Å². The van der Waals surface area contributed by atoms with Crippen molar-refractivity contribution in [3.63, 3.8) is 0 Å². The van der Waals surface area contributed by atoms with Gasteiger partial charge in [0.2, 0.25) is 0 Å². The van der Waals surface area contributed by atoms with E-state index in [0.29, 0.717) is 16.7 Å². The third-order valence-corrected chi connectivity index (χ3v) is 5.12. The highest BCUT2D eigenvalue weighted by Gasteiger charge is 2.14. The van der Waals surface area contributed by atoms with Gasteiger partial charge >= 0.3 is 5.97 Å². The Kier molecular flexibility index (Phi) is 6.52. The first-order valence-corrected chi connectivity index (χ1v) is 10.1. The number of esters is 1. The maximum absolute atomic E-state index is 12.2. The number of aromatic nitrogens is 1. The van der Waals surface area contributed by atoms with Gasteiger partial charge in [0.05, 0.1) is 38.2 Å². The molecule has 0 bridgehead atoms. The number of nitrogens with zero attached hydrogens (tertiary/aromatic N) is 3. The standard InChI is InChI=1S/C23H28N3O4/c1-26(2,3)21-10-7-18(8-11-21)23(27)30-16-6-4-5-14-24-15-13-19-17-20(25(28)29)9-12-22(19)24/h7-13,15,17H,4-6,14,16H2,1-3H3/q+1. The number of nitro groups is 1. The molecule has 0 aliphatic rings. The van der Waals surface area contributed by atoms with Crippen molar-refractivity contribution < 1.29 is 14.5 Å². The zero-order valence-electron chi connectivity index (χ0n) is 17.7. The van der Waals surface area contributed by atoms with Crippen molar-refractivity contribution in [1.82, 2.24) is 9.05 Å². The van der Waals surface area contributed by atoms with Gasteiger partial charge in [0.25, 0.3) is 5.69 Å². The van der Waals surface area contributed by atoms with E-state index >= 15 is 0 Å². The molecule has 0 unspecified atom stereocenters. The Balaban J connectivity index is 1.41. The van der Waals surface area contributed by atoms with Gasteiger partial charge in [0, 0.05) is 35.8 Å². The van der Waals surface area contributed by atoms with E-state index in [2.05, 4.69) is 25.7 Å². The molecule has 0 atom stereocenters. The van der Waals surface area contributed by atoms with Crippen molar-refractivity contribution in [2.45, 2.75) is 25.8 Å². The van der Waals surface area contributed by atoms with Crippen LogP contribution in [0.25, 0.3) is 10.9 Å². The summed E-state index contributed by atoms with van der Waals surface area (Å²) in [5, 5.41) is 11.7. The van der Waals surface area contributed by atoms with E-state index in [1.807, 2.05) is 36.5 Å². The number of benzene rings is 2. The van der Waals surface area contributed by atoms with Crippen LogP contribution in [0.5, 0.6) is 0 Å². The lowest BCUT2D eigenvalue weighted by Gasteiger charge is -2.23.